The first-order chi connectivity index (χ1) is 19.5. The number of nitrogens with zero attached hydrogens (tertiary/aromatic N) is 4. The fourth-order valence-electron chi connectivity index (χ4n) is 5.30. The number of hydrogen-bond acceptors (Lipinski definition) is 7. The lowest BCUT2D eigenvalue weighted by Gasteiger charge is -2.39. The van der Waals surface area contributed by atoms with Crippen molar-refractivity contribution in [3.05, 3.63) is 59.5 Å². The van der Waals surface area contributed by atoms with Crippen LogP contribution >= 0.6 is 11.6 Å². The summed E-state index contributed by atoms with van der Waals surface area (Å²) in [5, 5.41) is 7.88. The molecule has 2 aliphatic rings. The number of nitrogens with two attached hydrogens (primary N) is 1. The highest BCUT2D eigenvalue weighted by molar-refractivity contribution is 7.92. The molecule has 0 radical (unpaired) electrons. The number of piperidine rings is 1. The standard InChI is InChI=1S/C27H27ClF3N7O2S/c1-33-22-10-11-37(14-27(22,30)31)20-13-34-26(32)23-24(35-38(25(20)23)16-7-8-16)15-6-9-19(18(29)12-15)36-41(39,40)21-5-3-2-4-17(21)28/h2-6,9,12-13,16,22,33,36H,7-8,10-11,14H2,1H3,(H2,32,34). The van der Waals surface area contributed by atoms with Crippen molar-refractivity contribution in [1.29, 1.82) is 0 Å². The first-order valence-corrected chi connectivity index (χ1v) is 14.9. The summed E-state index contributed by atoms with van der Waals surface area (Å²) < 4.78 is 74.8. The van der Waals surface area contributed by atoms with E-state index in [4.69, 9.17) is 22.4 Å². The lowest BCUT2D eigenvalue weighted by atomic mass is 10.00. The Kier molecular flexibility index (Phi) is 6.78. The molecule has 2 aromatic heterocycles. The highest BCUT2D eigenvalue weighted by Gasteiger charge is 2.45. The van der Waals surface area contributed by atoms with Crippen molar-refractivity contribution in [1.82, 2.24) is 20.1 Å². The van der Waals surface area contributed by atoms with Crippen LogP contribution in [0.3, 0.4) is 0 Å². The third kappa shape index (κ3) is 4.95. The van der Waals surface area contributed by atoms with E-state index in [0.717, 1.165) is 18.9 Å². The Hall–Kier alpha value is -3.55. The van der Waals surface area contributed by atoms with E-state index in [1.54, 1.807) is 15.6 Å². The number of alkyl halides is 2. The molecule has 0 bridgehead atoms. The number of benzene rings is 2. The van der Waals surface area contributed by atoms with Gasteiger partial charge in [0.05, 0.1) is 52.1 Å². The van der Waals surface area contributed by atoms with Crippen molar-refractivity contribution < 1.29 is 21.6 Å². The molecular formula is C27H27ClF3N7O2S. The van der Waals surface area contributed by atoms with Gasteiger partial charge in [-0.05, 0) is 50.6 Å². The summed E-state index contributed by atoms with van der Waals surface area (Å²) in [5.41, 5.74) is 7.75. The zero-order valence-corrected chi connectivity index (χ0v) is 23.5. The van der Waals surface area contributed by atoms with E-state index in [2.05, 4.69) is 15.0 Å². The number of hydrogen-bond donors (Lipinski definition) is 3. The number of halogens is 4. The van der Waals surface area contributed by atoms with E-state index in [1.807, 2.05) is 0 Å². The van der Waals surface area contributed by atoms with Crippen LogP contribution in [0.15, 0.2) is 53.6 Å². The number of anilines is 3. The lowest BCUT2D eigenvalue weighted by molar-refractivity contribution is -0.0402. The van der Waals surface area contributed by atoms with Gasteiger partial charge in [-0.3, -0.25) is 9.40 Å². The number of pyridine rings is 1. The molecule has 1 unspecified atom stereocenters. The quantitative estimate of drug-likeness (QED) is 0.270. The maximum atomic E-state index is 15.3. The highest BCUT2D eigenvalue weighted by atomic mass is 35.5. The second-order valence-electron chi connectivity index (χ2n) is 10.3. The Balaban J connectivity index is 1.41. The topological polar surface area (TPSA) is 118 Å². The smallest absolute Gasteiger partial charge is 0.280 e. The predicted molar refractivity (Wildman–Crippen MR) is 152 cm³/mol. The molecule has 1 atom stereocenters. The molecule has 2 aromatic carbocycles. The van der Waals surface area contributed by atoms with Crippen LogP contribution in [0.2, 0.25) is 5.02 Å². The van der Waals surface area contributed by atoms with Gasteiger partial charge < -0.3 is 16.0 Å². The van der Waals surface area contributed by atoms with E-state index in [-0.39, 0.29) is 33.9 Å². The van der Waals surface area contributed by atoms with Crippen molar-refractivity contribution in [2.45, 2.75) is 42.2 Å². The van der Waals surface area contributed by atoms with E-state index < -0.39 is 34.3 Å². The molecule has 0 spiro atoms. The zero-order valence-electron chi connectivity index (χ0n) is 21.9. The zero-order chi connectivity index (χ0) is 29.1. The second-order valence-corrected chi connectivity index (χ2v) is 12.4. The van der Waals surface area contributed by atoms with Gasteiger partial charge >= 0.3 is 0 Å². The van der Waals surface area contributed by atoms with E-state index in [0.29, 0.717) is 34.4 Å². The molecule has 3 heterocycles. The van der Waals surface area contributed by atoms with Gasteiger partial charge in [-0.25, -0.2) is 26.6 Å². The van der Waals surface area contributed by atoms with Gasteiger partial charge in [0.15, 0.2) is 0 Å². The third-order valence-corrected chi connectivity index (χ3v) is 9.39. The number of nitrogen functional groups attached to an aromatic ring is 1. The molecule has 1 saturated heterocycles. The maximum absolute atomic E-state index is 15.3. The fourth-order valence-corrected chi connectivity index (χ4v) is 6.89. The first-order valence-electron chi connectivity index (χ1n) is 13.0. The summed E-state index contributed by atoms with van der Waals surface area (Å²) in [4.78, 5) is 5.72. The molecule has 4 aromatic rings. The van der Waals surface area contributed by atoms with Gasteiger partial charge in [-0.1, -0.05) is 29.8 Å². The van der Waals surface area contributed by atoms with Gasteiger partial charge in [0.2, 0.25) is 0 Å². The van der Waals surface area contributed by atoms with Crippen molar-refractivity contribution in [3.8, 4) is 11.3 Å². The maximum Gasteiger partial charge on any atom is 0.280 e. The number of nitrogens with one attached hydrogen (secondary N) is 2. The SMILES string of the molecule is CNC1CCN(c2cnc(N)c3c(-c4ccc(NS(=O)(=O)c5ccccc5Cl)c(F)c4)nn(C4CC4)c23)CC1(F)F. The molecule has 1 aliphatic carbocycles. The molecule has 9 nitrogen and oxygen atoms in total. The third-order valence-electron chi connectivity index (χ3n) is 7.53. The van der Waals surface area contributed by atoms with Crippen molar-refractivity contribution in [2.24, 2.45) is 0 Å². The molecule has 41 heavy (non-hydrogen) atoms. The Morgan fingerprint density at radius 2 is 1.90 bits per heavy atom. The minimum Gasteiger partial charge on any atom is -0.383 e. The second kappa shape index (κ2) is 10.1. The fraction of sp³-hybridized carbons (Fsp3) is 0.333. The summed E-state index contributed by atoms with van der Waals surface area (Å²) >= 11 is 6.03. The van der Waals surface area contributed by atoms with Gasteiger partial charge in [0.25, 0.3) is 15.9 Å². The summed E-state index contributed by atoms with van der Waals surface area (Å²) in [7, 11) is -2.64. The summed E-state index contributed by atoms with van der Waals surface area (Å²) in [5.74, 6) is -3.68. The number of fused-ring (bicyclic) bond motifs is 1. The molecule has 14 heteroatoms. The van der Waals surface area contributed by atoms with Gasteiger partial charge in [0.1, 0.15) is 22.2 Å². The van der Waals surface area contributed by atoms with E-state index in [1.165, 1.54) is 43.6 Å². The summed E-state index contributed by atoms with van der Waals surface area (Å²) in [6, 6.07) is 8.92. The van der Waals surface area contributed by atoms with Crippen LogP contribution in [0.4, 0.5) is 30.4 Å². The largest absolute Gasteiger partial charge is 0.383 e. The Labute approximate surface area is 239 Å². The normalized spacial score (nSPS) is 19.0. The van der Waals surface area contributed by atoms with Crippen LogP contribution in [0.1, 0.15) is 25.3 Å². The molecule has 4 N–H and O–H groups in total. The molecule has 1 saturated carbocycles. The molecule has 216 valence electrons. The van der Waals surface area contributed by atoms with E-state index >= 15 is 4.39 Å². The van der Waals surface area contributed by atoms with Gasteiger partial charge in [-0.15, -0.1) is 0 Å². The van der Waals surface area contributed by atoms with Crippen molar-refractivity contribution >= 4 is 49.7 Å². The first kappa shape index (κ1) is 27.6. The van der Waals surface area contributed by atoms with Crippen LogP contribution in [-0.2, 0) is 10.0 Å². The molecular weight excluding hydrogens is 579 g/mol. The summed E-state index contributed by atoms with van der Waals surface area (Å²) in [6.45, 7) is -0.124. The molecule has 1 aliphatic heterocycles. The molecule has 2 fully saturated rings. The van der Waals surface area contributed by atoms with Gasteiger partial charge in [-0.2, -0.15) is 5.10 Å². The molecule has 6 rings (SSSR count). The number of sulfonamides is 1. The van der Waals surface area contributed by atoms with Gasteiger partial charge in [0, 0.05) is 12.1 Å². The van der Waals surface area contributed by atoms with E-state index in [9.17, 15) is 17.2 Å². The Morgan fingerprint density at radius 1 is 1.15 bits per heavy atom. The van der Waals surface area contributed by atoms with Crippen LogP contribution in [-0.4, -0.2) is 55.3 Å². The number of rotatable bonds is 7. The average molecular weight is 606 g/mol. The highest BCUT2D eigenvalue weighted by Crippen LogP contribution is 2.45. The summed E-state index contributed by atoms with van der Waals surface area (Å²) in [6.07, 6.45) is 3.43. The van der Waals surface area contributed by atoms with Crippen LogP contribution in [0, 0.1) is 5.82 Å². The Bertz CT molecular complexity index is 1760. The minimum absolute atomic E-state index is 0.000777. The van der Waals surface area contributed by atoms with Crippen LogP contribution < -0.4 is 20.7 Å². The predicted octanol–water partition coefficient (Wildman–Crippen LogP) is 5.04. The lowest BCUT2D eigenvalue weighted by Crippen LogP contribution is -2.56. The van der Waals surface area contributed by atoms with Crippen molar-refractivity contribution in [2.75, 3.05) is 35.5 Å². The Morgan fingerprint density at radius 3 is 2.56 bits per heavy atom. The van der Waals surface area contributed by atoms with Crippen LogP contribution in [0.5, 0.6) is 0 Å². The number of aromatic nitrogens is 3. The van der Waals surface area contributed by atoms with Crippen molar-refractivity contribution in [3.63, 3.8) is 0 Å². The average Bonchev–Trinajstić information content (AvgIpc) is 3.69. The minimum atomic E-state index is -4.16. The monoisotopic (exact) mass is 605 g/mol. The van der Waals surface area contributed by atoms with Crippen LogP contribution in [0.25, 0.3) is 22.2 Å². The molecule has 0 amide bonds.